The molecule has 1 heterocycles. The quantitative estimate of drug-likeness (QED) is 0.897. The van der Waals surface area contributed by atoms with Crippen LogP contribution in [0, 0.1) is 5.92 Å². The summed E-state index contributed by atoms with van der Waals surface area (Å²) in [7, 11) is 0. The second-order valence-electron chi connectivity index (χ2n) is 4.68. The number of imidazole rings is 1. The lowest BCUT2D eigenvalue weighted by molar-refractivity contribution is -0.137. The van der Waals surface area contributed by atoms with Gasteiger partial charge in [0.1, 0.15) is 0 Å². The second kappa shape index (κ2) is 4.19. The minimum absolute atomic E-state index is 0.248. The lowest BCUT2D eigenvalue weighted by atomic mass is 10.2. The third-order valence-electron chi connectivity index (χ3n) is 2.65. The van der Waals surface area contributed by atoms with Gasteiger partial charge >= 0.3 is 6.18 Å². The summed E-state index contributed by atoms with van der Waals surface area (Å²) in [6.45, 7) is 4.65. The molecule has 2 N–H and O–H groups in total. The molecule has 0 atom stereocenters. The zero-order chi connectivity index (χ0) is 13.5. The Labute approximate surface area is 102 Å². The summed E-state index contributed by atoms with van der Waals surface area (Å²) in [5.74, 6) is 0.588. The molecule has 6 heteroatoms. The Bertz CT molecular complexity index is 570. The van der Waals surface area contributed by atoms with Crippen molar-refractivity contribution in [3.63, 3.8) is 0 Å². The highest BCUT2D eigenvalue weighted by atomic mass is 19.4. The largest absolute Gasteiger partial charge is 0.416 e. The van der Waals surface area contributed by atoms with Gasteiger partial charge in [-0.25, -0.2) is 4.98 Å². The average molecular weight is 257 g/mol. The van der Waals surface area contributed by atoms with Crippen LogP contribution in [0.5, 0.6) is 0 Å². The van der Waals surface area contributed by atoms with Crippen molar-refractivity contribution in [2.45, 2.75) is 26.6 Å². The van der Waals surface area contributed by atoms with Gasteiger partial charge in [-0.15, -0.1) is 0 Å². The number of benzene rings is 1. The third kappa shape index (κ3) is 2.27. The molecule has 0 fully saturated rings. The highest BCUT2D eigenvalue weighted by molar-refractivity contribution is 5.79. The summed E-state index contributed by atoms with van der Waals surface area (Å²) in [4.78, 5) is 3.98. The van der Waals surface area contributed by atoms with E-state index >= 15 is 0 Å². The van der Waals surface area contributed by atoms with E-state index in [-0.39, 0.29) is 11.5 Å². The number of alkyl halides is 3. The van der Waals surface area contributed by atoms with Gasteiger partial charge in [0.25, 0.3) is 0 Å². The van der Waals surface area contributed by atoms with Crippen molar-refractivity contribution in [2.75, 3.05) is 5.73 Å². The number of halogens is 3. The number of fused-ring (bicyclic) bond motifs is 1. The van der Waals surface area contributed by atoms with Crippen molar-refractivity contribution in [1.29, 1.82) is 0 Å². The van der Waals surface area contributed by atoms with E-state index in [1.54, 1.807) is 4.57 Å². The highest BCUT2D eigenvalue weighted by Crippen LogP contribution is 2.31. The Kier molecular flexibility index (Phi) is 2.96. The minimum Gasteiger partial charge on any atom is -0.369 e. The fourth-order valence-corrected chi connectivity index (χ4v) is 1.88. The van der Waals surface area contributed by atoms with Gasteiger partial charge in [-0.3, -0.25) is 0 Å². The van der Waals surface area contributed by atoms with Crippen LogP contribution in [0.3, 0.4) is 0 Å². The molecule has 0 spiro atoms. The summed E-state index contributed by atoms with van der Waals surface area (Å²) >= 11 is 0. The van der Waals surface area contributed by atoms with Crippen LogP contribution in [0.15, 0.2) is 18.2 Å². The van der Waals surface area contributed by atoms with E-state index in [9.17, 15) is 13.2 Å². The lowest BCUT2D eigenvalue weighted by Gasteiger charge is -2.10. The average Bonchev–Trinajstić information content (AvgIpc) is 2.53. The molecule has 0 saturated heterocycles. The number of aromatic nitrogens is 2. The SMILES string of the molecule is CC(C)Cn1c(N)nc2cc(C(F)(F)F)ccc21. The Morgan fingerprint density at radius 1 is 1.33 bits per heavy atom. The molecule has 0 bridgehead atoms. The van der Waals surface area contributed by atoms with Crippen LogP contribution in [0.25, 0.3) is 11.0 Å². The molecule has 98 valence electrons. The lowest BCUT2D eigenvalue weighted by Crippen LogP contribution is -2.08. The first kappa shape index (κ1) is 12.7. The second-order valence-corrected chi connectivity index (χ2v) is 4.68. The topological polar surface area (TPSA) is 43.8 Å². The van der Waals surface area contributed by atoms with Gasteiger partial charge in [0.05, 0.1) is 16.6 Å². The Morgan fingerprint density at radius 2 is 2.00 bits per heavy atom. The zero-order valence-electron chi connectivity index (χ0n) is 10.1. The fourth-order valence-electron chi connectivity index (χ4n) is 1.88. The van der Waals surface area contributed by atoms with Crippen LogP contribution < -0.4 is 5.73 Å². The molecule has 0 aliphatic carbocycles. The van der Waals surface area contributed by atoms with Gasteiger partial charge in [-0.2, -0.15) is 13.2 Å². The Balaban J connectivity index is 2.54. The van der Waals surface area contributed by atoms with Crippen molar-refractivity contribution in [1.82, 2.24) is 9.55 Å². The molecule has 0 amide bonds. The number of nitrogens with two attached hydrogens (primary N) is 1. The van der Waals surface area contributed by atoms with Gasteiger partial charge in [0.2, 0.25) is 5.95 Å². The normalized spacial score (nSPS) is 12.6. The van der Waals surface area contributed by atoms with Crippen LogP contribution in [0.4, 0.5) is 19.1 Å². The van der Waals surface area contributed by atoms with Crippen LogP contribution in [-0.4, -0.2) is 9.55 Å². The van der Waals surface area contributed by atoms with Crippen molar-refractivity contribution < 1.29 is 13.2 Å². The molecule has 0 aliphatic rings. The molecule has 0 radical (unpaired) electrons. The summed E-state index contributed by atoms with van der Waals surface area (Å²) in [6, 6.07) is 3.51. The van der Waals surface area contributed by atoms with Gasteiger partial charge in [-0.05, 0) is 24.1 Å². The number of nitrogen functional groups attached to an aromatic ring is 1. The van der Waals surface area contributed by atoms with Crippen LogP contribution in [0.2, 0.25) is 0 Å². The Morgan fingerprint density at radius 3 is 2.56 bits per heavy atom. The van der Waals surface area contributed by atoms with E-state index in [4.69, 9.17) is 5.73 Å². The molecule has 0 saturated carbocycles. The fraction of sp³-hybridized carbons (Fsp3) is 0.417. The van der Waals surface area contributed by atoms with E-state index in [0.29, 0.717) is 18.0 Å². The summed E-state index contributed by atoms with van der Waals surface area (Å²) < 4.78 is 39.4. The number of hydrogen-bond donors (Lipinski definition) is 1. The first-order chi connectivity index (χ1) is 8.29. The minimum atomic E-state index is -4.36. The molecule has 18 heavy (non-hydrogen) atoms. The first-order valence-corrected chi connectivity index (χ1v) is 5.62. The maximum atomic E-state index is 12.6. The van der Waals surface area contributed by atoms with Gasteiger partial charge < -0.3 is 10.3 Å². The van der Waals surface area contributed by atoms with Crippen molar-refractivity contribution >= 4 is 17.0 Å². The number of hydrogen-bond acceptors (Lipinski definition) is 2. The van der Waals surface area contributed by atoms with Crippen molar-refractivity contribution in [3.8, 4) is 0 Å². The van der Waals surface area contributed by atoms with Crippen LogP contribution >= 0.6 is 0 Å². The molecular weight excluding hydrogens is 243 g/mol. The molecular formula is C12H14F3N3. The molecule has 1 aromatic carbocycles. The molecule has 0 unspecified atom stereocenters. The molecule has 1 aromatic heterocycles. The van der Waals surface area contributed by atoms with Crippen molar-refractivity contribution in [2.24, 2.45) is 5.92 Å². The molecule has 2 aromatic rings. The molecule has 0 aliphatic heterocycles. The number of anilines is 1. The van der Waals surface area contributed by atoms with Gasteiger partial charge in [0.15, 0.2) is 0 Å². The predicted octanol–water partition coefficient (Wildman–Crippen LogP) is 3.29. The van der Waals surface area contributed by atoms with Crippen molar-refractivity contribution in [3.05, 3.63) is 23.8 Å². The van der Waals surface area contributed by atoms with Crippen LogP contribution in [-0.2, 0) is 12.7 Å². The Hall–Kier alpha value is -1.72. The van der Waals surface area contributed by atoms with E-state index in [0.717, 1.165) is 12.1 Å². The third-order valence-corrected chi connectivity index (χ3v) is 2.65. The molecule has 3 nitrogen and oxygen atoms in total. The van der Waals surface area contributed by atoms with Gasteiger partial charge in [0, 0.05) is 6.54 Å². The van der Waals surface area contributed by atoms with E-state index in [1.165, 1.54) is 6.07 Å². The summed E-state index contributed by atoms with van der Waals surface area (Å²) in [5, 5.41) is 0. The zero-order valence-corrected chi connectivity index (χ0v) is 10.1. The number of rotatable bonds is 2. The van der Waals surface area contributed by atoms with E-state index < -0.39 is 11.7 Å². The van der Waals surface area contributed by atoms with Crippen LogP contribution in [0.1, 0.15) is 19.4 Å². The summed E-state index contributed by atoms with van der Waals surface area (Å²) in [5.41, 5.74) is 5.94. The predicted molar refractivity (Wildman–Crippen MR) is 64.0 cm³/mol. The van der Waals surface area contributed by atoms with E-state index in [2.05, 4.69) is 4.98 Å². The first-order valence-electron chi connectivity index (χ1n) is 5.62. The summed E-state index contributed by atoms with van der Waals surface area (Å²) in [6.07, 6.45) is -4.36. The number of nitrogens with zero attached hydrogens (tertiary/aromatic N) is 2. The maximum Gasteiger partial charge on any atom is 0.416 e. The van der Waals surface area contributed by atoms with E-state index in [1.807, 2.05) is 13.8 Å². The van der Waals surface area contributed by atoms with Gasteiger partial charge in [-0.1, -0.05) is 13.8 Å². The maximum absolute atomic E-state index is 12.6. The molecule has 2 rings (SSSR count). The highest BCUT2D eigenvalue weighted by Gasteiger charge is 2.31. The standard InChI is InChI=1S/C12H14F3N3/c1-7(2)6-18-10-4-3-8(12(13,14)15)5-9(10)17-11(18)16/h3-5,7H,6H2,1-2H3,(H2,16,17). The monoisotopic (exact) mass is 257 g/mol. The smallest absolute Gasteiger partial charge is 0.369 e.